The lowest BCUT2D eigenvalue weighted by molar-refractivity contribution is 0.0697. The highest BCUT2D eigenvalue weighted by atomic mass is 16.5. The molecule has 4 aromatic rings. The fourth-order valence-corrected chi connectivity index (χ4v) is 3.27. The zero-order chi connectivity index (χ0) is 17.4. The molecular formula is C21H17NO3. The van der Waals surface area contributed by atoms with Crippen molar-refractivity contribution >= 4 is 27.8 Å². The Morgan fingerprint density at radius 1 is 0.960 bits per heavy atom. The van der Waals surface area contributed by atoms with E-state index in [4.69, 9.17) is 4.74 Å². The van der Waals surface area contributed by atoms with Crippen LogP contribution in [0.4, 0.5) is 0 Å². The van der Waals surface area contributed by atoms with Gasteiger partial charge in [0.05, 0.1) is 18.2 Å². The third-order valence-electron chi connectivity index (χ3n) is 4.52. The predicted molar refractivity (Wildman–Crippen MR) is 98.5 cm³/mol. The Labute approximate surface area is 144 Å². The largest absolute Gasteiger partial charge is 0.497 e. The Bertz CT molecular complexity index is 1080. The molecule has 0 unspecified atom stereocenters. The van der Waals surface area contributed by atoms with Gasteiger partial charge in [0, 0.05) is 22.8 Å². The van der Waals surface area contributed by atoms with Crippen molar-refractivity contribution in [2.45, 2.75) is 6.54 Å². The SMILES string of the molecule is COc1ccc(Cn2c3ccccc3c3ccc(C(=O)O)cc32)cc1. The van der Waals surface area contributed by atoms with Crippen LogP contribution in [0.5, 0.6) is 5.75 Å². The first-order chi connectivity index (χ1) is 12.2. The van der Waals surface area contributed by atoms with Gasteiger partial charge in [-0.25, -0.2) is 4.79 Å². The minimum Gasteiger partial charge on any atom is -0.497 e. The van der Waals surface area contributed by atoms with E-state index in [1.807, 2.05) is 42.5 Å². The molecule has 3 aromatic carbocycles. The number of nitrogens with zero attached hydrogens (tertiary/aromatic N) is 1. The van der Waals surface area contributed by atoms with Crippen LogP contribution in [0.25, 0.3) is 21.8 Å². The quantitative estimate of drug-likeness (QED) is 0.597. The van der Waals surface area contributed by atoms with Gasteiger partial charge in [0.2, 0.25) is 0 Å². The molecule has 1 aromatic heterocycles. The number of carboxylic acids is 1. The summed E-state index contributed by atoms with van der Waals surface area (Å²) in [4.78, 5) is 11.4. The molecule has 0 amide bonds. The van der Waals surface area contributed by atoms with Gasteiger partial charge >= 0.3 is 5.97 Å². The number of hydrogen-bond acceptors (Lipinski definition) is 2. The fourth-order valence-electron chi connectivity index (χ4n) is 3.27. The van der Waals surface area contributed by atoms with Gasteiger partial charge in [-0.3, -0.25) is 0 Å². The Hall–Kier alpha value is -3.27. The molecule has 0 aliphatic carbocycles. The summed E-state index contributed by atoms with van der Waals surface area (Å²) in [6.07, 6.45) is 0. The highest BCUT2D eigenvalue weighted by Gasteiger charge is 2.13. The lowest BCUT2D eigenvalue weighted by atomic mass is 10.1. The van der Waals surface area contributed by atoms with E-state index < -0.39 is 5.97 Å². The summed E-state index contributed by atoms with van der Waals surface area (Å²) in [5.41, 5.74) is 3.45. The van der Waals surface area contributed by atoms with E-state index in [1.165, 1.54) is 0 Å². The van der Waals surface area contributed by atoms with Crippen LogP contribution in [0.1, 0.15) is 15.9 Å². The van der Waals surface area contributed by atoms with Crippen LogP contribution in [0, 0.1) is 0 Å². The van der Waals surface area contributed by atoms with Gasteiger partial charge in [0.1, 0.15) is 5.75 Å². The summed E-state index contributed by atoms with van der Waals surface area (Å²) in [6.45, 7) is 0.664. The third kappa shape index (κ3) is 2.62. The van der Waals surface area contributed by atoms with Crippen molar-refractivity contribution in [3.63, 3.8) is 0 Å². The number of aromatic nitrogens is 1. The first kappa shape index (κ1) is 15.3. The standard InChI is InChI=1S/C21H17NO3/c1-25-16-9-6-14(7-10-16)13-22-19-5-3-2-4-17(19)18-11-8-15(21(23)24)12-20(18)22/h2-12H,13H2,1H3,(H,23,24). The first-order valence-electron chi connectivity index (χ1n) is 8.04. The maximum absolute atomic E-state index is 11.4. The first-order valence-corrected chi connectivity index (χ1v) is 8.04. The van der Waals surface area contributed by atoms with Crippen LogP contribution in [-0.2, 0) is 6.54 Å². The van der Waals surface area contributed by atoms with Gasteiger partial charge in [0.15, 0.2) is 0 Å². The summed E-state index contributed by atoms with van der Waals surface area (Å²) >= 11 is 0. The summed E-state index contributed by atoms with van der Waals surface area (Å²) < 4.78 is 7.38. The molecule has 0 fully saturated rings. The van der Waals surface area contributed by atoms with E-state index in [0.717, 1.165) is 33.1 Å². The Kier molecular flexibility index (Phi) is 3.65. The number of carbonyl (C=O) groups is 1. The molecule has 0 spiro atoms. The van der Waals surface area contributed by atoms with Crippen LogP contribution < -0.4 is 4.74 Å². The van der Waals surface area contributed by atoms with E-state index in [9.17, 15) is 9.90 Å². The van der Waals surface area contributed by atoms with Crippen molar-refractivity contribution in [1.29, 1.82) is 0 Å². The molecule has 0 radical (unpaired) electrons. The second kappa shape index (κ2) is 5.98. The maximum atomic E-state index is 11.4. The summed E-state index contributed by atoms with van der Waals surface area (Å²) in [7, 11) is 1.65. The lowest BCUT2D eigenvalue weighted by Gasteiger charge is -2.09. The number of hydrogen-bond donors (Lipinski definition) is 1. The molecule has 4 heteroatoms. The number of aromatic carboxylic acids is 1. The van der Waals surface area contributed by atoms with Crippen molar-refractivity contribution in [1.82, 2.24) is 4.57 Å². The number of carboxylic acid groups (broad SMARTS) is 1. The smallest absolute Gasteiger partial charge is 0.335 e. The molecule has 4 rings (SSSR count). The highest BCUT2D eigenvalue weighted by Crippen LogP contribution is 2.30. The minimum absolute atomic E-state index is 0.297. The van der Waals surface area contributed by atoms with E-state index in [1.54, 1.807) is 19.2 Å². The number of rotatable bonds is 4. The van der Waals surface area contributed by atoms with Gasteiger partial charge in [-0.2, -0.15) is 0 Å². The molecule has 0 saturated heterocycles. The number of benzene rings is 3. The van der Waals surface area contributed by atoms with Crippen LogP contribution in [0.2, 0.25) is 0 Å². The van der Waals surface area contributed by atoms with Crippen LogP contribution in [0.3, 0.4) is 0 Å². The van der Waals surface area contributed by atoms with Gasteiger partial charge in [-0.05, 0) is 35.9 Å². The Morgan fingerprint density at radius 2 is 1.68 bits per heavy atom. The zero-order valence-electron chi connectivity index (χ0n) is 13.8. The van der Waals surface area contributed by atoms with Crippen molar-refractivity contribution < 1.29 is 14.6 Å². The molecule has 4 nitrogen and oxygen atoms in total. The van der Waals surface area contributed by atoms with Gasteiger partial charge in [-0.15, -0.1) is 0 Å². The molecule has 0 saturated carbocycles. The van der Waals surface area contributed by atoms with Gasteiger partial charge in [0.25, 0.3) is 0 Å². The lowest BCUT2D eigenvalue weighted by Crippen LogP contribution is -2.01. The van der Waals surface area contributed by atoms with E-state index in [-0.39, 0.29) is 0 Å². The number of ether oxygens (including phenoxy) is 1. The summed E-state index contributed by atoms with van der Waals surface area (Å²) in [5, 5.41) is 11.5. The van der Waals surface area contributed by atoms with Crippen LogP contribution in [-0.4, -0.2) is 22.8 Å². The predicted octanol–water partition coefficient (Wildman–Crippen LogP) is 4.55. The summed E-state index contributed by atoms with van der Waals surface area (Å²) in [5.74, 6) is -0.0951. The minimum atomic E-state index is -0.914. The average Bonchev–Trinajstić information content (AvgIpc) is 2.96. The number of para-hydroxylation sites is 1. The van der Waals surface area contributed by atoms with Crippen molar-refractivity contribution in [3.05, 3.63) is 77.9 Å². The average molecular weight is 331 g/mol. The molecule has 124 valence electrons. The third-order valence-corrected chi connectivity index (χ3v) is 4.52. The second-order valence-electron chi connectivity index (χ2n) is 5.99. The summed E-state index contributed by atoms with van der Waals surface area (Å²) in [6, 6.07) is 21.4. The molecule has 1 heterocycles. The van der Waals surface area contributed by atoms with Crippen LogP contribution in [0.15, 0.2) is 66.7 Å². The molecular weight excluding hydrogens is 314 g/mol. The van der Waals surface area contributed by atoms with E-state index >= 15 is 0 Å². The van der Waals surface area contributed by atoms with Crippen molar-refractivity contribution in [3.8, 4) is 5.75 Å². The Morgan fingerprint density at radius 3 is 2.40 bits per heavy atom. The second-order valence-corrected chi connectivity index (χ2v) is 5.99. The fraction of sp³-hybridized carbons (Fsp3) is 0.0952. The zero-order valence-corrected chi connectivity index (χ0v) is 13.8. The van der Waals surface area contributed by atoms with Crippen LogP contribution >= 0.6 is 0 Å². The van der Waals surface area contributed by atoms with Crippen molar-refractivity contribution in [2.75, 3.05) is 7.11 Å². The van der Waals surface area contributed by atoms with Crippen molar-refractivity contribution in [2.24, 2.45) is 0 Å². The van der Waals surface area contributed by atoms with E-state index in [2.05, 4.69) is 16.7 Å². The number of methoxy groups -OCH3 is 1. The molecule has 0 aliphatic heterocycles. The van der Waals surface area contributed by atoms with Gasteiger partial charge in [-0.1, -0.05) is 36.4 Å². The number of fused-ring (bicyclic) bond motifs is 3. The Balaban J connectivity index is 1.92. The molecule has 25 heavy (non-hydrogen) atoms. The molecule has 1 N–H and O–H groups in total. The maximum Gasteiger partial charge on any atom is 0.335 e. The highest BCUT2D eigenvalue weighted by molar-refractivity contribution is 6.09. The van der Waals surface area contributed by atoms with Gasteiger partial charge < -0.3 is 14.4 Å². The monoisotopic (exact) mass is 331 g/mol. The molecule has 0 atom stereocenters. The molecule has 0 bridgehead atoms. The molecule has 0 aliphatic rings. The normalized spacial score (nSPS) is 11.1. The topological polar surface area (TPSA) is 51.5 Å². The van der Waals surface area contributed by atoms with E-state index in [0.29, 0.717) is 12.1 Å².